The normalized spacial score (nSPS) is 12.0. The number of para-hydroxylation sites is 1. The summed E-state index contributed by atoms with van der Waals surface area (Å²) in [4.78, 5) is 16.8. The molecule has 0 unspecified atom stereocenters. The van der Waals surface area contributed by atoms with E-state index >= 15 is 0 Å². The molecule has 3 nitrogen and oxygen atoms in total. The van der Waals surface area contributed by atoms with E-state index < -0.39 is 5.97 Å². The maximum Gasteiger partial charge on any atom is 0.303 e. The Bertz CT molecular complexity index is 812. The molecule has 0 aliphatic heterocycles. The molecule has 22 heavy (non-hydrogen) atoms. The molecular formula is C17H15NO2S2. The van der Waals surface area contributed by atoms with Gasteiger partial charge in [0.15, 0.2) is 0 Å². The second-order valence-corrected chi connectivity index (χ2v) is 7.00. The Labute approximate surface area is 136 Å². The molecule has 112 valence electrons. The highest BCUT2D eigenvalue weighted by atomic mass is 32.1. The summed E-state index contributed by atoms with van der Waals surface area (Å²) in [5, 5.41) is 12.0. The third-order valence-corrected chi connectivity index (χ3v) is 5.46. The number of rotatable bonds is 5. The van der Waals surface area contributed by atoms with Crippen LogP contribution in [0.3, 0.4) is 0 Å². The van der Waals surface area contributed by atoms with E-state index in [0.717, 1.165) is 20.8 Å². The number of nitrogens with zero attached hydrogens (tertiary/aromatic N) is 1. The number of allylic oxidation sites excluding steroid dienone is 1. The number of carboxylic acids is 1. The lowest BCUT2D eigenvalue weighted by Crippen LogP contribution is -1.95. The van der Waals surface area contributed by atoms with Crippen LogP contribution in [-0.2, 0) is 4.79 Å². The van der Waals surface area contributed by atoms with Gasteiger partial charge in [0.25, 0.3) is 0 Å². The number of hydrogen-bond acceptors (Lipinski definition) is 4. The van der Waals surface area contributed by atoms with Gasteiger partial charge in [-0.05, 0) is 54.1 Å². The van der Waals surface area contributed by atoms with Gasteiger partial charge in [0.1, 0.15) is 5.01 Å². The maximum atomic E-state index is 10.9. The molecule has 2 aromatic heterocycles. The van der Waals surface area contributed by atoms with Gasteiger partial charge in [-0.3, -0.25) is 4.79 Å². The minimum absolute atomic E-state index is 0.117. The monoisotopic (exact) mass is 329 g/mol. The molecule has 1 N–H and O–H groups in total. The van der Waals surface area contributed by atoms with Crippen LogP contribution in [0.15, 0.2) is 35.7 Å². The molecular weight excluding hydrogens is 314 g/mol. The van der Waals surface area contributed by atoms with Crippen LogP contribution in [0.5, 0.6) is 0 Å². The van der Waals surface area contributed by atoms with Crippen LogP contribution >= 0.6 is 22.7 Å². The van der Waals surface area contributed by atoms with Gasteiger partial charge in [0, 0.05) is 11.3 Å². The zero-order valence-corrected chi connectivity index (χ0v) is 13.7. The largest absolute Gasteiger partial charge is 0.481 e. The van der Waals surface area contributed by atoms with Crippen molar-refractivity contribution in [2.45, 2.75) is 19.8 Å². The van der Waals surface area contributed by atoms with Crippen molar-refractivity contribution in [1.29, 1.82) is 0 Å². The Kier molecular flexibility index (Phi) is 4.36. The Morgan fingerprint density at radius 2 is 2.09 bits per heavy atom. The number of carboxylic acid groups (broad SMARTS) is 1. The molecule has 0 saturated heterocycles. The standard InChI is InChI=1S/C17H15NO2S2/c1-11-8-9-21-15(11)10-12(6-7-16(19)20)17-18-13-4-2-3-5-14(13)22-17/h2-5,8-10H,6-7H2,1H3,(H,19,20)/b12-10+. The molecule has 2 heterocycles. The Balaban J connectivity index is 2.02. The first kappa shape index (κ1) is 14.9. The number of fused-ring (bicyclic) bond motifs is 1. The van der Waals surface area contributed by atoms with Crippen molar-refractivity contribution < 1.29 is 9.90 Å². The van der Waals surface area contributed by atoms with Crippen molar-refractivity contribution in [3.63, 3.8) is 0 Å². The summed E-state index contributed by atoms with van der Waals surface area (Å²) in [6.07, 6.45) is 2.69. The lowest BCUT2D eigenvalue weighted by molar-refractivity contribution is -0.136. The van der Waals surface area contributed by atoms with Crippen molar-refractivity contribution in [3.8, 4) is 0 Å². The van der Waals surface area contributed by atoms with Gasteiger partial charge >= 0.3 is 5.97 Å². The number of benzene rings is 1. The zero-order chi connectivity index (χ0) is 15.5. The van der Waals surface area contributed by atoms with Gasteiger partial charge in [-0.1, -0.05) is 12.1 Å². The fourth-order valence-electron chi connectivity index (χ4n) is 2.18. The van der Waals surface area contributed by atoms with Crippen LogP contribution in [0.25, 0.3) is 21.9 Å². The van der Waals surface area contributed by atoms with E-state index in [1.54, 1.807) is 22.7 Å². The molecule has 3 aromatic rings. The Morgan fingerprint density at radius 3 is 2.77 bits per heavy atom. The fraction of sp³-hybridized carbons (Fsp3) is 0.176. The van der Waals surface area contributed by atoms with Crippen molar-refractivity contribution in [3.05, 3.63) is 51.2 Å². The van der Waals surface area contributed by atoms with Gasteiger partial charge in [0.2, 0.25) is 0 Å². The third kappa shape index (κ3) is 3.26. The predicted octanol–water partition coefficient (Wildman–Crippen LogP) is 5.07. The van der Waals surface area contributed by atoms with Crippen LogP contribution in [-0.4, -0.2) is 16.1 Å². The highest BCUT2D eigenvalue weighted by Gasteiger charge is 2.12. The average molecular weight is 329 g/mol. The van der Waals surface area contributed by atoms with Crippen LogP contribution in [0.1, 0.15) is 28.3 Å². The summed E-state index contributed by atoms with van der Waals surface area (Å²) in [7, 11) is 0. The summed E-state index contributed by atoms with van der Waals surface area (Å²) in [6, 6.07) is 10.1. The summed E-state index contributed by atoms with van der Waals surface area (Å²) < 4.78 is 1.13. The highest BCUT2D eigenvalue weighted by molar-refractivity contribution is 7.19. The van der Waals surface area contributed by atoms with Crippen molar-refractivity contribution >= 4 is 50.5 Å². The molecule has 0 aliphatic rings. The summed E-state index contributed by atoms with van der Waals surface area (Å²) in [6.45, 7) is 2.06. The number of thiazole rings is 1. The second-order valence-electron chi connectivity index (χ2n) is 5.02. The van der Waals surface area contributed by atoms with Crippen molar-refractivity contribution in [2.24, 2.45) is 0 Å². The summed E-state index contributed by atoms with van der Waals surface area (Å²) in [5.74, 6) is -0.782. The minimum atomic E-state index is -0.782. The van der Waals surface area contributed by atoms with Gasteiger partial charge in [-0.25, -0.2) is 4.98 Å². The van der Waals surface area contributed by atoms with Crippen LogP contribution < -0.4 is 0 Å². The second kappa shape index (κ2) is 6.42. The van der Waals surface area contributed by atoms with Gasteiger partial charge in [0.05, 0.1) is 10.2 Å². The van der Waals surface area contributed by atoms with E-state index in [9.17, 15) is 4.79 Å². The fourth-order valence-corrected chi connectivity index (χ4v) is 4.07. The number of carbonyl (C=O) groups is 1. The van der Waals surface area contributed by atoms with E-state index in [4.69, 9.17) is 5.11 Å². The van der Waals surface area contributed by atoms with E-state index in [-0.39, 0.29) is 6.42 Å². The number of aliphatic carboxylic acids is 1. The van der Waals surface area contributed by atoms with E-state index in [0.29, 0.717) is 6.42 Å². The first-order valence-corrected chi connectivity index (χ1v) is 8.65. The minimum Gasteiger partial charge on any atom is -0.481 e. The number of thiophene rings is 1. The third-order valence-electron chi connectivity index (χ3n) is 3.38. The van der Waals surface area contributed by atoms with Crippen LogP contribution in [0, 0.1) is 6.92 Å². The highest BCUT2D eigenvalue weighted by Crippen LogP contribution is 2.32. The molecule has 0 atom stereocenters. The van der Waals surface area contributed by atoms with E-state index in [2.05, 4.69) is 24.1 Å². The molecule has 0 radical (unpaired) electrons. The molecule has 3 rings (SSSR count). The van der Waals surface area contributed by atoms with Crippen LogP contribution in [0.2, 0.25) is 0 Å². The van der Waals surface area contributed by atoms with Gasteiger partial charge < -0.3 is 5.11 Å². The Morgan fingerprint density at radius 1 is 1.27 bits per heavy atom. The average Bonchev–Trinajstić information content (AvgIpc) is 3.09. The lowest BCUT2D eigenvalue weighted by atomic mass is 10.1. The van der Waals surface area contributed by atoms with Gasteiger partial charge in [-0.2, -0.15) is 0 Å². The number of hydrogen-bond donors (Lipinski definition) is 1. The SMILES string of the molecule is Cc1ccsc1/C=C(\CCC(=O)O)c1nc2ccccc2s1. The smallest absolute Gasteiger partial charge is 0.303 e. The first-order valence-electron chi connectivity index (χ1n) is 6.96. The zero-order valence-electron chi connectivity index (χ0n) is 12.1. The Hall–Kier alpha value is -1.98. The molecule has 5 heteroatoms. The number of aromatic nitrogens is 1. The molecule has 0 amide bonds. The molecule has 0 spiro atoms. The summed E-state index contributed by atoms with van der Waals surface area (Å²) >= 11 is 3.28. The van der Waals surface area contributed by atoms with E-state index in [1.165, 1.54) is 10.4 Å². The predicted molar refractivity (Wildman–Crippen MR) is 93.4 cm³/mol. The molecule has 0 bridgehead atoms. The topological polar surface area (TPSA) is 50.2 Å². The first-order chi connectivity index (χ1) is 10.6. The maximum absolute atomic E-state index is 10.9. The van der Waals surface area contributed by atoms with Crippen molar-refractivity contribution in [1.82, 2.24) is 4.98 Å². The molecule has 0 aliphatic carbocycles. The quantitative estimate of drug-likeness (QED) is 0.711. The molecule has 0 fully saturated rings. The lowest BCUT2D eigenvalue weighted by Gasteiger charge is -2.02. The van der Waals surface area contributed by atoms with Crippen LogP contribution in [0.4, 0.5) is 0 Å². The molecule has 0 saturated carbocycles. The number of aryl methyl sites for hydroxylation is 1. The van der Waals surface area contributed by atoms with Crippen molar-refractivity contribution in [2.75, 3.05) is 0 Å². The summed E-state index contributed by atoms with van der Waals surface area (Å²) in [5.41, 5.74) is 3.17. The van der Waals surface area contributed by atoms with Gasteiger partial charge in [-0.15, -0.1) is 22.7 Å². The molecule has 1 aromatic carbocycles. The van der Waals surface area contributed by atoms with E-state index in [1.807, 2.05) is 29.6 Å².